The molecular formula is C10H21N3O3. The van der Waals surface area contributed by atoms with Gasteiger partial charge in [-0.05, 0) is 6.42 Å². The minimum Gasteiger partial charge on any atom is -0.409 e. The molecule has 16 heavy (non-hydrogen) atoms. The van der Waals surface area contributed by atoms with Crippen molar-refractivity contribution in [3.05, 3.63) is 0 Å². The molecule has 1 unspecified atom stereocenters. The number of amidine groups is 1. The van der Waals surface area contributed by atoms with Gasteiger partial charge in [-0.2, -0.15) is 0 Å². The summed E-state index contributed by atoms with van der Waals surface area (Å²) in [5.74, 6) is 0.151. The molecule has 6 heteroatoms. The van der Waals surface area contributed by atoms with E-state index in [1.54, 1.807) is 0 Å². The molecule has 0 aromatic rings. The summed E-state index contributed by atoms with van der Waals surface area (Å²) in [5.41, 5.74) is 4.78. The molecule has 0 aliphatic carbocycles. The minimum atomic E-state index is -0.735. The lowest BCUT2D eigenvalue weighted by Crippen LogP contribution is -2.51. The Hall–Kier alpha value is -0.850. The molecule has 0 saturated carbocycles. The van der Waals surface area contributed by atoms with Crippen molar-refractivity contribution in [2.24, 2.45) is 10.9 Å². The average molecular weight is 231 g/mol. The topological polar surface area (TPSA) is 100 Å². The average Bonchev–Trinajstić information content (AvgIpc) is 2.30. The van der Waals surface area contributed by atoms with Crippen LogP contribution in [0.15, 0.2) is 5.16 Å². The van der Waals surface area contributed by atoms with Crippen molar-refractivity contribution < 1.29 is 15.1 Å². The molecule has 0 spiro atoms. The van der Waals surface area contributed by atoms with Gasteiger partial charge in [0.15, 0.2) is 5.84 Å². The maximum atomic E-state index is 10.2. The Morgan fingerprint density at radius 3 is 2.69 bits per heavy atom. The predicted molar refractivity (Wildman–Crippen MR) is 60.5 cm³/mol. The van der Waals surface area contributed by atoms with E-state index in [9.17, 15) is 5.11 Å². The van der Waals surface area contributed by atoms with E-state index in [1.807, 2.05) is 6.92 Å². The second kappa shape index (κ2) is 6.03. The fraction of sp³-hybridized carbons (Fsp3) is 0.900. The summed E-state index contributed by atoms with van der Waals surface area (Å²) in [7, 11) is 0. The summed E-state index contributed by atoms with van der Waals surface area (Å²) in [6.07, 6.45) is 1.95. The van der Waals surface area contributed by atoms with Crippen LogP contribution < -0.4 is 11.1 Å². The molecule has 6 nitrogen and oxygen atoms in total. The van der Waals surface area contributed by atoms with Gasteiger partial charge in [0.2, 0.25) is 0 Å². The monoisotopic (exact) mass is 231 g/mol. The van der Waals surface area contributed by atoms with Crippen molar-refractivity contribution in [1.82, 2.24) is 5.32 Å². The summed E-state index contributed by atoms with van der Waals surface area (Å²) >= 11 is 0. The molecule has 1 saturated heterocycles. The van der Waals surface area contributed by atoms with Gasteiger partial charge in [-0.3, -0.25) is 0 Å². The molecule has 0 radical (unpaired) electrons. The van der Waals surface area contributed by atoms with Gasteiger partial charge in [0.1, 0.15) is 0 Å². The van der Waals surface area contributed by atoms with E-state index in [2.05, 4.69) is 10.5 Å². The number of hydrogen-bond donors (Lipinski definition) is 4. The van der Waals surface area contributed by atoms with Gasteiger partial charge >= 0.3 is 0 Å². The van der Waals surface area contributed by atoms with Crippen LogP contribution in [0.2, 0.25) is 0 Å². The Bertz CT molecular complexity index is 239. The van der Waals surface area contributed by atoms with Crippen LogP contribution in [0.1, 0.15) is 26.2 Å². The SMILES string of the molecule is CCC(NCC1(O)CCOCC1)C(N)=NO. The number of ether oxygens (including phenoxy) is 1. The summed E-state index contributed by atoms with van der Waals surface area (Å²) in [5, 5.41) is 24.8. The zero-order valence-corrected chi connectivity index (χ0v) is 9.65. The molecule has 0 amide bonds. The highest BCUT2D eigenvalue weighted by molar-refractivity contribution is 5.85. The summed E-state index contributed by atoms with van der Waals surface area (Å²) in [6, 6.07) is -0.197. The van der Waals surface area contributed by atoms with Crippen LogP contribution in [0, 0.1) is 0 Å². The largest absolute Gasteiger partial charge is 0.409 e. The standard InChI is InChI=1S/C10H21N3O3/c1-2-8(9(11)13-15)12-7-10(14)3-5-16-6-4-10/h8,12,14-15H,2-7H2,1H3,(H2,11,13). The van der Waals surface area contributed by atoms with Crippen molar-refractivity contribution in [1.29, 1.82) is 0 Å². The molecule has 0 aromatic carbocycles. The zero-order chi connectivity index (χ0) is 12.0. The first-order valence-electron chi connectivity index (χ1n) is 5.62. The molecule has 1 atom stereocenters. The molecule has 94 valence electrons. The van der Waals surface area contributed by atoms with E-state index in [0.29, 0.717) is 39.0 Å². The van der Waals surface area contributed by atoms with E-state index in [4.69, 9.17) is 15.7 Å². The van der Waals surface area contributed by atoms with Crippen molar-refractivity contribution in [3.8, 4) is 0 Å². The highest BCUT2D eigenvalue weighted by Crippen LogP contribution is 2.19. The Balaban J connectivity index is 2.42. The fourth-order valence-electron chi connectivity index (χ4n) is 1.77. The number of hydrogen-bond acceptors (Lipinski definition) is 5. The van der Waals surface area contributed by atoms with E-state index in [0.717, 1.165) is 0 Å². The van der Waals surface area contributed by atoms with Crippen LogP contribution in [-0.2, 0) is 4.74 Å². The Labute approximate surface area is 95.5 Å². The molecule has 1 heterocycles. The maximum Gasteiger partial charge on any atom is 0.156 e. The van der Waals surface area contributed by atoms with Gasteiger partial charge in [0.05, 0.1) is 11.6 Å². The second-order valence-corrected chi connectivity index (χ2v) is 4.20. The van der Waals surface area contributed by atoms with Gasteiger partial charge < -0.3 is 26.1 Å². The number of nitrogens with one attached hydrogen (secondary N) is 1. The Morgan fingerprint density at radius 1 is 1.56 bits per heavy atom. The zero-order valence-electron chi connectivity index (χ0n) is 9.65. The summed E-state index contributed by atoms with van der Waals surface area (Å²) < 4.78 is 5.19. The van der Waals surface area contributed by atoms with Crippen LogP contribution in [0.5, 0.6) is 0 Å². The quantitative estimate of drug-likeness (QED) is 0.224. The second-order valence-electron chi connectivity index (χ2n) is 4.20. The first kappa shape index (κ1) is 13.2. The molecule has 1 fully saturated rings. The maximum absolute atomic E-state index is 10.2. The van der Waals surface area contributed by atoms with Crippen LogP contribution in [0.3, 0.4) is 0 Å². The number of rotatable bonds is 5. The lowest BCUT2D eigenvalue weighted by atomic mass is 9.94. The predicted octanol–water partition coefficient (Wildman–Crippen LogP) is -0.357. The van der Waals surface area contributed by atoms with Crippen molar-refractivity contribution in [3.63, 3.8) is 0 Å². The highest BCUT2D eigenvalue weighted by atomic mass is 16.5. The minimum absolute atomic E-state index is 0.151. The Morgan fingerprint density at radius 2 is 2.19 bits per heavy atom. The third kappa shape index (κ3) is 3.62. The van der Waals surface area contributed by atoms with Crippen molar-refractivity contribution in [2.75, 3.05) is 19.8 Å². The van der Waals surface area contributed by atoms with Crippen LogP contribution in [0.4, 0.5) is 0 Å². The molecular weight excluding hydrogens is 210 g/mol. The highest BCUT2D eigenvalue weighted by Gasteiger charge is 2.30. The number of nitrogens with zero attached hydrogens (tertiary/aromatic N) is 1. The lowest BCUT2D eigenvalue weighted by Gasteiger charge is -2.33. The molecule has 0 bridgehead atoms. The smallest absolute Gasteiger partial charge is 0.156 e. The third-order valence-electron chi connectivity index (χ3n) is 2.98. The molecule has 1 aliphatic heterocycles. The van der Waals surface area contributed by atoms with E-state index < -0.39 is 5.60 Å². The van der Waals surface area contributed by atoms with E-state index >= 15 is 0 Å². The molecule has 0 aromatic heterocycles. The van der Waals surface area contributed by atoms with Crippen molar-refractivity contribution in [2.45, 2.75) is 37.8 Å². The third-order valence-corrected chi connectivity index (χ3v) is 2.98. The van der Waals surface area contributed by atoms with Gasteiger partial charge in [0, 0.05) is 32.6 Å². The van der Waals surface area contributed by atoms with Gasteiger partial charge in [-0.1, -0.05) is 12.1 Å². The van der Waals surface area contributed by atoms with Gasteiger partial charge in [0.25, 0.3) is 0 Å². The first-order chi connectivity index (χ1) is 7.61. The summed E-state index contributed by atoms with van der Waals surface area (Å²) in [6.45, 7) is 3.53. The molecule has 1 rings (SSSR count). The number of aliphatic hydroxyl groups is 1. The van der Waals surface area contributed by atoms with Crippen molar-refractivity contribution >= 4 is 5.84 Å². The van der Waals surface area contributed by atoms with E-state index in [-0.39, 0.29) is 11.9 Å². The number of nitrogens with two attached hydrogens (primary N) is 1. The van der Waals surface area contributed by atoms with E-state index in [1.165, 1.54) is 0 Å². The van der Waals surface area contributed by atoms with Crippen LogP contribution in [0.25, 0.3) is 0 Å². The lowest BCUT2D eigenvalue weighted by molar-refractivity contribution is -0.0620. The Kier molecular flexibility index (Phi) is 4.98. The number of oxime groups is 1. The molecule has 5 N–H and O–H groups in total. The normalized spacial score (nSPS) is 23.0. The van der Waals surface area contributed by atoms with Gasteiger partial charge in [-0.25, -0.2) is 0 Å². The molecule has 1 aliphatic rings. The van der Waals surface area contributed by atoms with Crippen LogP contribution >= 0.6 is 0 Å². The fourth-order valence-corrected chi connectivity index (χ4v) is 1.77. The summed E-state index contributed by atoms with van der Waals surface area (Å²) in [4.78, 5) is 0. The van der Waals surface area contributed by atoms with Gasteiger partial charge in [-0.15, -0.1) is 0 Å². The first-order valence-corrected chi connectivity index (χ1v) is 5.62. The van der Waals surface area contributed by atoms with Crippen LogP contribution in [-0.4, -0.2) is 47.6 Å².